The lowest BCUT2D eigenvalue weighted by molar-refractivity contribution is 0.141. The van der Waals surface area contributed by atoms with Crippen molar-refractivity contribution in [1.82, 2.24) is 9.97 Å². The van der Waals surface area contributed by atoms with Crippen LogP contribution in [-0.2, 0) is 22.5 Å². The molecular weight excluding hydrogens is 376 g/mol. The molecule has 2 aromatic rings. The van der Waals surface area contributed by atoms with Gasteiger partial charge in [0.1, 0.15) is 25.1 Å². The van der Waals surface area contributed by atoms with Gasteiger partial charge in [0, 0.05) is 11.4 Å². The van der Waals surface area contributed by atoms with Crippen LogP contribution in [-0.4, -0.2) is 35.1 Å². The molecule has 0 amide bonds. The molecule has 0 N–H and O–H groups in total. The molecule has 0 atom stereocenters. The molecule has 0 aliphatic carbocycles. The number of pyridine rings is 2. The Morgan fingerprint density at radius 1 is 0.867 bits per heavy atom. The summed E-state index contributed by atoms with van der Waals surface area (Å²) in [5.41, 5.74) is 5.62. The van der Waals surface area contributed by atoms with E-state index in [-0.39, 0.29) is 0 Å². The zero-order valence-corrected chi connectivity index (χ0v) is 19.1. The fourth-order valence-electron chi connectivity index (χ4n) is 2.83. The summed E-state index contributed by atoms with van der Waals surface area (Å²) < 4.78 is 0. The SMILES string of the molecule is CO/N=C(\C)c1cccc(CCCO/N=C(\C)c2cccc(CCC(C)(C)C)n2)n1. The summed E-state index contributed by atoms with van der Waals surface area (Å²) in [4.78, 5) is 19.7. The first-order valence-corrected chi connectivity index (χ1v) is 10.5. The van der Waals surface area contributed by atoms with Crippen LogP contribution in [0.2, 0.25) is 0 Å². The second-order valence-corrected chi connectivity index (χ2v) is 8.56. The first kappa shape index (κ1) is 23.5. The molecule has 0 fully saturated rings. The first-order chi connectivity index (χ1) is 14.3. The molecule has 30 heavy (non-hydrogen) atoms. The van der Waals surface area contributed by atoms with E-state index in [4.69, 9.17) is 14.7 Å². The quantitative estimate of drug-likeness (QED) is 0.307. The Morgan fingerprint density at radius 2 is 1.43 bits per heavy atom. The molecule has 0 saturated heterocycles. The molecule has 0 bridgehead atoms. The van der Waals surface area contributed by atoms with Gasteiger partial charge in [0.25, 0.3) is 0 Å². The van der Waals surface area contributed by atoms with Gasteiger partial charge in [0.05, 0.1) is 11.4 Å². The van der Waals surface area contributed by atoms with Gasteiger partial charge in [-0.2, -0.15) is 0 Å². The van der Waals surface area contributed by atoms with Crippen molar-refractivity contribution in [3.8, 4) is 0 Å². The highest BCUT2D eigenvalue weighted by Gasteiger charge is 2.11. The maximum atomic E-state index is 5.52. The van der Waals surface area contributed by atoms with Crippen LogP contribution in [0, 0.1) is 5.41 Å². The van der Waals surface area contributed by atoms with Crippen molar-refractivity contribution < 1.29 is 9.68 Å². The molecule has 0 aromatic carbocycles. The first-order valence-electron chi connectivity index (χ1n) is 10.5. The average molecular weight is 411 g/mol. The van der Waals surface area contributed by atoms with E-state index in [1.54, 1.807) is 0 Å². The molecule has 6 nitrogen and oxygen atoms in total. The van der Waals surface area contributed by atoms with E-state index in [0.717, 1.165) is 59.9 Å². The van der Waals surface area contributed by atoms with E-state index in [1.165, 1.54) is 7.11 Å². The Balaban J connectivity index is 1.83. The molecule has 2 aromatic heterocycles. The lowest BCUT2D eigenvalue weighted by Crippen LogP contribution is -2.08. The summed E-state index contributed by atoms with van der Waals surface area (Å²) in [5, 5.41) is 8.17. The van der Waals surface area contributed by atoms with Gasteiger partial charge in [-0.05, 0) is 69.2 Å². The summed E-state index contributed by atoms with van der Waals surface area (Å²) in [6.07, 6.45) is 3.70. The smallest absolute Gasteiger partial charge is 0.117 e. The van der Waals surface area contributed by atoms with Crippen LogP contribution in [0.5, 0.6) is 0 Å². The van der Waals surface area contributed by atoms with Crippen LogP contribution in [0.15, 0.2) is 46.7 Å². The van der Waals surface area contributed by atoms with Gasteiger partial charge in [0.2, 0.25) is 0 Å². The average Bonchev–Trinajstić information content (AvgIpc) is 2.72. The molecule has 6 heteroatoms. The maximum absolute atomic E-state index is 5.52. The van der Waals surface area contributed by atoms with Crippen LogP contribution >= 0.6 is 0 Å². The van der Waals surface area contributed by atoms with Crippen molar-refractivity contribution in [2.24, 2.45) is 15.7 Å². The van der Waals surface area contributed by atoms with Crippen molar-refractivity contribution in [2.45, 2.75) is 60.3 Å². The van der Waals surface area contributed by atoms with E-state index in [0.29, 0.717) is 12.0 Å². The second-order valence-electron chi connectivity index (χ2n) is 8.56. The number of aromatic nitrogens is 2. The Bertz CT molecular complexity index is 870. The normalized spacial score (nSPS) is 12.7. The Labute approximate surface area is 180 Å². The topological polar surface area (TPSA) is 69.0 Å². The number of rotatable bonds is 10. The number of hydrogen-bond donors (Lipinski definition) is 0. The zero-order chi connectivity index (χ0) is 22.0. The highest BCUT2D eigenvalue weighted by molar-refractivity contribution is 5.96. The van der Waals surface area contributed by atoms with Crippen molar-refractivity contribution in [3.05, 3.63) is 59.2 Å². The van der Waals surface area contributed by atoms with Crippen molar-refractivity contribution in [2.75, 3.05) is 13.7 Å². The maximum Gasteiger partial charge on any atom is 0.117 e. The minimum absolute atomic E-state index is 0.299. The summed E-state index contributed by atoms with van der Waals surface area (Å²) in [6.45, 7) is 11.1. The lowest BCUT2D eigenvalue weighted by Gasteiger charge is -2.17. The van der Waals surface area contributed by atoms with Gasteiger partial charge >= 0.3 is 0 Å². The number of aryl methyl sites for hydroxylation is 2. The summed E-state index contributed by atoms with van der Waals surface area (Å²) >= 11 is 0. The minimum atomic E-state index is 0.299. The van der Waals surface area contributed by atoms with E-state index in [1.807, 2.05) is 44.2 Å². The molecule has 2 rings (SSSR count). The molecule has 0 spiro atoms. The highest BCUT2D eigenvalue weighted by Crippen LogP contribution is 2.20. The molecule has 0 unspecified atom stereocenters. The van der Waals surface area contributed by atoms with Crippen molar-refractivity contribution in [1.29, 1.82) is 0 Å². The predicted octanol–water partition coefficient (Wildman–Crippen LogP) is 5.20. The van der Waals surface area contributed by atoms with Crippen LogP contribution < -0.4 is 0 Å². The number of oxime groups is 2. The van der Waals surface area contributed by atoms with Crippen LogP contribution in [0.4, 0.5) is 0 Å². The van der Waals surface area contributed by atoms with E-state index >= 15 is 0 Å². The van der Waals surface area contributed by atoms with Gasteiger partial charge in [-0.1, -0.05) is 43.2 Å². The molecule has 0 radical (unpaired) electrons. The van der Waals surface area contributed by atoms with E-state index in [2.05, 4.69) is 42.1 Å². The summed E-state index contributed by atoms with van der Waals surface area (Å²) in [7, 11) is 1.53. The molecule has 0 aliphatic rings. The van der Waals surface area contributed by atoms with Gasteiger partial charge in [-0.15, -0.1) is 0 Å². The third-order valence-corrected chi connectivity index (χ3v) is 4.58. The summed E-state index contributed by atoms with van der Waals surface area (Å²) in [6, 6.07) is 12.0. The molecule has 162 valence electrons. The molecule has 0 aliphatic heterocycles. The Hall–Kier alpha value is -2.76. The van der Waals surface area contributed by atoms with Gasteiger partial charge < -0.3 is 9.68 Å². The second kappa shape index (κ2) is 11.4. The largest absolute Gasteiger partial charge is 0.399 e. The fraction of sp³-hybridized carbons (Fsp3) is 0.500. The molecular formula is C24H34N4O2. The van der Waals surface area contributed by atoms with Gasteiger partial charge in [-0.3, -0.25) is 9.97 Å². The van der Waals surface area contributed by atoms with Crippen molar-refractivity contribution in [3.63, 3.8) is 0 Å². The van der Waals surface area contributed by atoms with Crippen molar-refractivity contribution >= 4 is 11.4 Å². The van der Waals surface area contributed by atoms with Crippen LogP contribution in [0.1, 0.15) is 70.2 Å². The fourth-order valence-corrected chi connectivity index (χ4v) is 2.83. The van der Waals surface area contributed by atoms with Gasteiger partial charge in [-0.25, -0.2) is 0 Å². The third kappa shape index (κ3) is 8.31. The lowest BCUT2D eigenvalue weighted by atomic mass is 9.90. The molecule has 0 saturated carbocycles. The Morgan fingerprint density at radius 3 is 2.00 bits per heavy atom. The van der Waals surface area contributed by atoms with E-state index < -0.39 is 0 Å². The summed E-state index contributed by atoms with van der Waals surface area (Å²) in [5.74, 6) is 0. The van der Waals surface area contributed by atoms with Crippen LogP contribution in [0.25, 0.3) is 0 Å². The highest BCUT2D eigenvalue weighted by atomic mass is 16.6. The Kier molecular flexibility index (Phi) is 8.96. The predicted molar refractivity (Wildman–Crippen MR) is 122 cm³/mol. The third-order valence-electron chi connectivity index (χ3n) is 4.58. The standard InChI is InChI=1S/C24H34N4O2/c1-18(27-29-6)22-13-7-10-20(25-22)12-9-17-30-28-19(2)23-14-8-11-21(26-23)15-16-24(3,4)5/h7-8,10-11,13-14H,9,12,15-17H2,1-6H3/b27-18+,28-19+. The number of hydrogen-bond acceptors (Lipinski definition) is 6. The molecule has 2 heterocycles. The minimum Gasteiger partial charge on any atom is -0.399 e. The van der Waals surface area contributed by atoms with E-state index in [9.17, 15) is 0 Å². The van der Waals surface area contributed by atoms with Gasteiger partial charge in [0.15, 0.2) is 0 Å². The zero-order valence-electron chi connectivity index (χ0n) is 19.1. The van der Waals surface area contributed by atoms with Crippen LogP contribution in [0.3, 0.4) is 0 Å². The number of nitrogens with zero attached hydrogens (tertiary/aromatic N) is 4. The monoisotopic (exact) mass is 410 g/mol.